The van der Waals surface area contributed by atoms with E-state index in [1.807, 2.05) is 0 Å². The fourth-order valence-electron chi connectivity index (χ4n) is 1.37. The molecule has 2 heteroatoms. The van der Waals surface area contributed by atoms with Gasteiger partial charge < -0.3 is 0 Å². The zero-order valence-corrected chi connectivity index (χ0v) is 6.90. The molecular weight excluding hydrogens is 158 g/mol. The van der Waals surface area contributed by atoms with Crippen molar-refractivity contribution in [1.29, 1.82) is 0 Å². The van der Waals surface area contributed by atoms with E-state index in [1.54, 1.807) is 6.92 Å². The highest BCUT2D eigenvalue weighted by Gasteiger charge is 2.27. The maximum absolute atomic E-state index is 13.2. The minimum Gasteiger partial charge on any atom is -0.207 e. The van der Waals surface area contributed by atoms with Crippen LogP contribution in [0.3, 0.4) is 0 Å². The summed E-state index contributed by atoms with van der Waals surface area (Å²) in [5.41, 5.74) is 0.940. The van der Waals surface area contributed by atoms with E-state index in [9.17, 15) is 8.78 Å². The molecule has 1 aliphatic carbocycles. The zero-order valence-electron chi connectivity index (χ0n) is 6.90. The Kier molecular flexibility index (Phi) is 1.63. The number of benzene rings is 1. The standard InChI is InChI=1S/C10H10F2/c1-6-4-10(12)8(5-9(6)11)7-2-3-7/h4-5,7H,2-3H2,1H3. The van der Waals surface area contributed by atoms with Crippen molar-refractivity contribution in [3.05, 3.63) is 34.9 Å². The van der Waals surface area contributed by atoms with Crippen molar-refractivity contribution in [2.24, 2.45) is 0 Å². The lowest BCUT2D eigenvalue weighted by atomic mass is 10.1. The first kappa shape index (κ1) is 7.71. The van der Waals surface area contributed by atoms with Crippen LogP contribution in [0.5, 0.6) is 0 Å². The van der Waals surface area contributed by atoms with Crippen molar-refractivity contribution >= 4 is 0 Å². The summed E-state index contributed by atoms with van der Waals surface area (Å²) in [7, 11) is 0. The monoisotopic (exact) mass is 168 g/mol. The largest absolute Gasteiger partial charge is 0.207 e. The van der Waals surface area contributed by atoms with Gasteiger partial charge in [-0.25, -0.2) is 8.78 Å². The van der Waals surface area contributed by atoms with Gasteiger partial charge in [0.25, 0.3) is 0 Å². The van der Waals surface area contributed by atoms with E-state index in [1.165, 1.54) is 12.1 Å². The third kappa shape index (κ3) is 1.22. The van der Waals surface area contributed by atoms with Gasteiger partial charge in [-0.05, 0) is 48.9 Å². The minimum atomic E-state index is -0.293. The molecule has 0 bridgehead atoms. The van der Waals surface area contributed by atoms with Crippen molar-refractivity contribution in [2.45, 2.75) is 25.7 Å². The molecule has 2 rings (SSSR count). The summed E-state index contributed by atoms with van der Waals surface area (Å²) >= 11 is 0. The molecule has 0 aliphatic heterocycles. The average molecular weight is 168 g/mol. The predicted octanol–water partition coefficient (Wildman–Crippen LogP) is 3.15. The third-order valence-electron chi connectivity index (χ3n) is 2.30. The topological polar surface area (TPSA) is 0 Å². The van der Waals surface area contributed by atoms with Crippen LogP contribution >= 0.6 is 0 Å². The number of hydrogen-bond donors (Lipinski definition) is 0. The maximum Gasteiger partial charge on any atom is 0.127 e. The van der Waals surface area contributed by atoms with E-state index >= 15 is 0 Å². The first-order valence-electron chi connectivity index (χ1n) is 4.14. The highest BCUT2D eigenvalue weighted by Crippen LogP contribution is 2.41. The summed E-state index contributed by atoms with van der Waals surface area (Å²) in [6, 6.07) is 2.62. The van der Waals surface area contributed by atoms with Gasteiger partial charge in [0.2, 0.25) is 0 Å². The summed E-state index contributed by atoms with van der Waals surface area (Å²) in [4.78, 5) is 0. The predicted molar refractivity (Wildman–Crippen MR) is 43.1 cm³/mol. The Hall–Kier alpha value is -0.920. The lowest BCUT2D eigenvalue weighted by Crippen LogP contribution is -1.92. The van der Waals surface area contributed by atoms with Gasteiger partial charge in [-0.3, -0.25) is 0 Å². The molecule has 0 saturated heterocycles. The molecule has 1 aromatic rings. The molecule has 0 nitrogen and oxygen atoms in total. The first-order chi connectivity index (χ1) is 5.68. The van der Waals surface area contributed by atoms with Crippen LogP contribution < -0.4 is 0 Å². The van der Waals surface area contributed by atoms with E-state index in [4.69, 9.17) is 0 Å². The van der Waals surface area contributed by atoms with Crippen molar-refractivity contribution in [2.75, 3.05) is 0 Å². The Balaban J connectivity index is 2.47. The number of hydrogen-bond acceptors (Lipinski definition) is 0. The van der Waals surface area contributed by atoms with E-state index in [-0.39, 0.29) is 17.6 Å². The lowest BCUT2D eigenvalue weighted by molar-refractivity contribution is 0.579. The van der Waals surface area contributed by atoms with Gasteiger partial charge in [-0.1, -0.05) is 0 Å². The van der Waals surface area contributed by atoms with Gasteiger partial charge in [0, 0.05) is 0 Å². The molecule has 0 heterocycles. The van der Waals surface area contributed by atoms with Gasteiger partial charge in [0.05, 0.1) is 0 Å². The molecule has 64 valence electrons. The molecule has 0 N–H and O–H groups in total. The van der Waals surface area contributed by atoms with Crippen LogP contribution in [0.1, 0.15) is 29.9 Å². The van der Waals surface area contributed by atoms with Crippen LogP contribution in [0.2, 0.25) is 0 Å². The molecule has 0 amide bonds. The molecular formula is C10H10F2. The number of rotatable bonds is 1. The Morgan fingerprint density at radius 3 is 2.42 bits per heavy atom. The second-order valence-corrected chi connectivity index (χ2v) is 3.40. The Morgan fingerprint density at radius 2 is 1.83 bits per heavy atom. The molecule has 0 aromatic heterocycles. The Labute approximate surface area is 70.2 Å². The summed E-state index contributed by atoms with van der Waals surface area (Å²) in [6.45, 7) is 1.58. The van der Waals surface area contributed by atoms with Crippen LogP contribution in [0, 0.1) is 18.6 Å². The van der Waals surface area contributed by atoms with Crippen LogP contribution in [0.4, 0.5) is 8.78 Å². The van der Waals surface area contributed by atoms with Crippen LogP contribution in [0.15, 0.2) is 12.1 Å². The van der Waals surface area contributed by atoms with Gasteiger partial charge in [0.15, 0.2) is 0 Å². The molecule has 1 saturated carbocycles. The second-order valence-electron chi connectivity index (χ2n) is 3.40. The first-order valence-corrected chi connectivity index (χ1v) is 4.14. The molecule has 0 spiro atoms. The summed E-state index contributed by atoms with van der Waals surface area (Å²) in [6.07, 6.45) is 2.00. The van der Waals surface area contributed by atoms with Gasteiger partial charge in [-0.2, -0.15) is 0 Å². The lowest BCUT2D eigenvalue weighted by Gasteiger charge is -2.02. The maximum atomic E-state index is 13.2. The summed E-state index contributed by atoms with van der Waals surface area (Å²) in [5, 5.41) is 0. The van der Waals surface area contributed by atoms with E-state index in [2.05, 4.69) is 0 Å². The third-order valence-corrected chi connectivity index (χ3v) is 2.30. The van der Waals surface area contributed by atoms with Gasteiger partial charge in [0.1, 0.15) is 11.6 Å². The Morgan fingerprint density at radius 1 is 1.17 bits per heavy atom. The van der Waals surface area contributed by atoms with Crippen LogP contribution in [-0.4, -0.2) is 0 Å². The Bertz CT molecular complexity index is 314. The molecule has 0 unspecified atom stereocenters. The minimum absolute atomic E-state index is 0.253. The quantitative estimate of drug-likeness (QED) is 0.604. The van der Waals surface area contributed by atoms with E-state index < -0.39 is 0 Å². The zero-order chi connectivity index (χ0) is 8.72. The molecule has 0 atom stereocenters. The average Bonchev–Trinajstić information content (AvgIpc) is 2.79. The normalized spacial score (nSPS) is 16.6. The van der Waals surface area contributed by atoms with Crippen LogP contribution in [0.25, 0.3) is 0 Å². The fourth-order valence-corrected chi connectivity index (χ4v) is 1.37. The highest BCUT2D eigenvalue weighted by molar-refractivity contribution is 5.30. The van der Waals surface area contributed by atoms with Gasteiger partial charge >= 0.3 is 0 Å². The van der Waals surface area contributed by atoms with Crippen molar-refractivity contribution in [3.63, 3.8) is 0 Å². The second kappa shape index (κ2) is 2.54. The SMILES string of the molecule is Cc1cc(F)c(C2CC2)cc1F. The molecule has 1 fully saturated rings. The molecule has 1 aromatic carbocycles. The van der Waals surface area contributed by atoms with E-state index in [0.717, 1.165) is 12.8 Å². The fraction of sp³-hybridized carbons (Fsp3) is 0.400. The van der Waals surface area contributed by atoms with Crippen molar-refractivity contribution in [3.8, 4) is 0 Å². The number of halogens is 2. The highest BCUT2D eigenvalue weighted by atomic mass is 19.1. The van der Waals surface area contributed by atoms with E-state index in [0.29, 0.717) is 11.1 Å². The number of aryl methyl sites for hydroxylation is 1. The summed E-state index contributed by atoms with van der Waals surface area (Å²) < 4.78 is 26.1. The van der Waals surface area contributed by atoms with Crippen LogP contribution in [-0.2, 0) is 0 Å². The summed E-state index contributed by atoms with van der Waals surface area (Å²) in [5.74, 6) is -0.269. The smallest absolute Gasteiger partial charge is 0.127 e. The molecule has 12 heavy (non-hydrogen) atoms. The molecule has 1 aliphatic rings. The van der Waals surface area contributed by atoms with Gasteiger partial charge in [-0.15, -0.1) is 0 Å². The molecule has 0 radical (unpaired) electrons. The van der Waals surface area contributed by atoms with Crippen molar-refractivity contribution in [1.82, 2.24) is 0 Å². The van der Waals surface area contributed by atoms with Crippen molar-refractivity contribution < 1.29 is 8.78 Å².